The molecule has 1 heterocycles. The van der Waals surface area contributed by atoms with E-state index in [1.165, 1.54) is 0 Å². The zero-order chi connectivity index (χ0) is 10.9. The third-order valence-corrected chi connectivity index (χ3v) is 2.61. The van der Waals surface area contributed by atoms with Gasteiger partial charge in [0, 0.05) is 39.3 Å². The Bertz CT molecular complexity index is 179. The monoisotopic (exact) mass is 213 g/mol. The van der Waals surface area contributed by atoms with Crippen molar-refractivity contribution in [2.75, 3.05) is 52.4 Å². The zero-order valence-electron chi connectivity index (χ0n) is 9.02. The molecule has 0 aliphatic carbocycles. The summed E-state index contributed by atoms with van der Waals surface area (Å²) in [7, 11) is 0. The normalized spacial score (nSPS) is 21.3. The Hall–Kier alpha value is -0.780. The van der Waals surface area contributed by atoms with E-state index in [2.05, 4.69) is 15.1 Å². The second kappa shape index (κ2) is 7.50. The van der Waals surface area contributed by atoms with E-state index >= 15 is 0 Å². The van der Waals surface area contributed by atoms with Crippen molar-refractivity contribution in [3.8, 4) is 0 Å². The minimum Gasteiger partial charge on any atom is -0.314 e. The summed E-state index contributed by atoms with van der Waals surface area (Å²) in [5.74, 6) is 0. The van der Waals surface area contributed by atoms with Crippen molar-refractivity contribution in [3.63, 3.8) is 0 Å². The fourth-order valence-corrected chi connectivity index (χ4v) is 1.68. The van der Waals surface area contributed by atoms with Crippen molar-refractivity contribution >= 4 is 12.6 Å². The summed E-state index contributed by atoms with van der Waals surface area (Å²) in [6.07, 6.45) is 1.86. The molecule has 0 unspecified atom stereocenters. The first-order valence-corrected chi connectivity index (χ1v) is 5.39. The van der Waals surface area contributed by atoms with Crippen molar-refractivity contribution in [1.82, 2.24) is 15.1 Å². The SMILES string of the molecule is O=CCN1CCNCCN(CC=O)CC1. The highest BCUT2D eigenvalue weighted by atomic mass is 16.1. The van der Waals surface area contributed by atoms with Crippen LogP contribution >= 0.6 is 0 Å². The number of hydrogen-bond donors (Lipinski definition) is 1. The Balaban J connectivity index is 2.39. The van der Waals surface area contributed by atoms with Gasteiger partial charge < -0.3 is 14.9 Å². The van der Waals surface area contributed by atoms with Crippen LogP contribution in [-0.2, 0) is 9.59 Å². The molecule has 0 aromatic heterocycles. The van der Waals surface area contributed by atoms with Gasteiger partial charge in [0.2, 0.25) is 0 Å². The summed E-state index contributed by atoms with van der Waals surface area (Å²) in [5, 5.41) is 3.29. The van der Waals surface area contributed by atoms with Gasteiger partial charge in [-0.25, -0.2) is 0 Å². The highest BCUT2D eigenvalue weighted by Gasteiger charge is 2.10. The predicted octanol–water partition coefficient (Wildman–Crippen LogP) is -1.41. The predicted molar refractivity (Wildman–Crippen MR) is 57.9 cm³/mol. The molecule has 0 amide bonds. The molecule has 0 saturated carbocycles. The first-order chi connectivity index (χ1) is 7.36. The number of nitrogens with one attached hydrogen (secondary N) is 1. The Morgan fingerprint density at radius 2 is 1.33 bits per heavy atom. The van der Waals surface area contributed by atoms with Gasteiger partial charge >= 0.3 is 0 Å². The molecule has 1 N–H and O–H groups in total. The second-order valence-corrected chi connectivity index (χ2v) is 3.68. The van der Waals surface area contributed by atoms with E-state index < -0.39 is 0 Å². The van der Waals surface area contributed by atoms with Crippen LogP contribution in [0.25, 0.3) is 0 Å². The Morgan fingerprint density at radius 3 is 1.73 bits per heavy atom. The van der Waals surface area contributed by atoms with Crippen LogP contribution in [0, 0.1) is 0 Å². The average molecular weight is 213 g/mol. The van der Waals surface area contributed by atoms with Crippen LogP contribution in [0.4, 0.5) is 0 Å². The second-order valence-electron chi connectivity index (χ2n) is 3.68. The Labute approximate surface area is 90.4 Å². The molecule has 0 atom stereocenters. The number of aldehydes is 2. The first kappa shape index (κ1) is 12.3. The minimum absolute atomic E-state index is 0.483. The number of carbonyl (C=O) groups is 2. The topological polar surface area (TPSA) is 52.7 Å². The van der Waals surface area contributed by atoms with Gasteiger partial charge in [0.25, 0.3) is 0 Å². The minimum atomic E-state index is 0.483. The zero-order valence-corrected chi connectivity index (χ0v) is 9.02. The molecule has 5 heteroatoms. The van der Waals surface area contributed by atoms with E-state index in [1.807, 2.05) is 0 Å². The van der Waals surface area contributed by atoms with Crippen LogP contribution in [0.1, 0.15) is 0 Å². The molecule has 15 heavy (non-hydrogen) atoms. The van der Waals surface area contributed by atoms with Gasteiger partial charge in [-0.2, -0.15) is 0 Å². The van der Waals surface area contributed by atoms with E-state index in [1.54, 1.807) is 0 Å². The molecule has 1 saturated heterocycles. The van der Waals surface area contributed by atoms with Crippen molar-refractivity contribution in [3.05, 3.63) is 0 Å². The van der Waals surface area contributed by atoms with Crippen molar-refractivity contribution in [2.45, 2.75) is 0 Å². The molecule has 1 fully saturated rings. The third kappa shape index (κ3) is 5.01. The van der Waals surface area contributed by atoms with Crippen LogP contribution in [0.3, 0.4) is 0 Å². The van der Waals surface area contributed by atoms with Crippen LogP contribution < -0.4 is 5.32 Å². The number of carbonyl (C=O) groups excluding carboxylic acids is 2. The molecule has 0 spiro atoms. The van der Waals surface area contributed by atoms with E-state index in [9.17, 15) is 9.59 Å². The molecule has 0 aromatic rings. The smallest absolute Gasteiger partial charge is 0.133 e. The maximum Gasteiger partial charge on any atom is 0.133 e. The van der Waals surface area contributed by atoms with Crippen LogP contribution in [0.2, 0.25) is 0 Å². The molecule has 1 aliphatic rings. The lowest BCUT2D eigenvalue weighted by molar-refractivity contribution is -0.110. The van der Waals surface area contributed by atoms with Crippen molar-refractivity contribution in [1.29, 1.82) is 0 Å². The summed E-state index contributed by atoms with van der Waals surface area (Å²) < 4.78 is 0. The highest BCUT2D eigenvalue weighted by Crippen LogP contribution is 1.93. The largest absolute Gasteiger partial charge is 0.314 e. The molecule has 1 rings (SSSR count). The maximum absolute atomic E-state index is 10.4. The van der Waals surface area contributed by atoms with E-state index in [4.69, 9.17) is 0 Å². The Morgan fingerprint density at radius 1 is 0.867 bits per heavy atom. The molecule has 0 bridgehead atoms. The van der Waals surface area contributed by atoms with Crippen molar-refractivity contribution in [2.24, 2.45) is 0 Å². The Kier molecular flexibility index (Phi) is 6.15. The summed E-state index contributed by atoms with van der Waals surface area (Å²) >= 11 is 0. The molecule has 0 aromatic carbocycles. The lowest BCUT2D eigenvalue weighted by Crippen LogP contribution is -2.37. The van der Waals surface area contributed by atoms with Gasteiger partial charge in [0.1, 0.15) is 12.6 Å². The third-order valence-electron chi connectivity index (χ3n) is 2.61. The van der Waals surface area contributed by atoms with Crippen LogP contribution in [0.15, 0.2) is 0 Å². The van der Waals surface area contributed by atoms with Crippen molar-refractivity contribution < 1.29 is 9.59 Å². The number of hydrogen-bond acceptors (Lipinski definition) is 5. The van der Waals surface area contributed by atoms with E-state index in [0.717, 1.165) is 51.8 Å². The lowest BCUT2D eigenvalue weighted by Gasteiger charge is -2.22. The summed E-state index contributed by atoms with van der Waals surface area (Å²) in [4.78, 5) is 25.1. The van der Waals surface area contributed by atoms with Gasteiger partial charge in [-0.3, -0.25) is 9.80 Å². The molecule has 0 radical (unpaired) electrons. The maximum atomic E-state index is 10.4. The van der Waals surface area contributed by atoms with Gasteiger partial charge in [-0.05, 0) is 0 Å². The summed E-state index contributed by atoms with van der Waals surface area (Å²) in [5.41, 5.74) is 0. The van der Waals surface area contributed by atoms with Crippen LogP contribution in [-0.4, -0.2) is 74.7 Å². The first-order valence-electron chi connectivity index (χ1n) is 5.39. The van der Waals surface area contributed by atoms with Crippen LogP contribution in [0.5, 0.6) is 0 Å². The molecular weight excluding hydrogens is 194 g/mol. The number of rotatable bonds is 4. The van der Waals surface area contributed by atoms with E-state index in [0.29, 0.717) is 13.1 Å². The molecule has 5 nitrogen and oxygen atoms in total. The average Bonchev–Trinajstić information content (AvgIpc) is 2.33. The highest BCUT2D eigenvalue weighted by molar-refractivity contribution is 5.52. The quantitative estimate of drug-likeness (QED) is 0.582. The number of nitrogens with zero attached hydrogens (tertiary/aromatic N) is 2. The van der Waals surface area contributed by atoms with Gasteiger partial charge in [0.05, 0.1) is 13.1 Å². The standard InChI is InChI=1S/C10H19N3O2/c14-9-7-12-3-1-11-2-4-13(6-5-12)8-10-15/h9-11H,1-8H2. The van der Waals surface area contributed by atoms with E-state index in [-0.39, 0.29) is 0 Å². The molecular formula is C10H19N3O2. The van der Waals surface area contributed by atoms with Gasteiger partial charge in [0.15, 0.2) is 0 Å². The summed E-state index contributed by atoms with van der Waals surface area (Å²) in [6.45, 7) is 6.28. The fraction of sp³-hybridized carbons (Fsp3) is 0.800. The van der Waals surface area contributed by atoms with Gasteiger partial charge in [-0.15, -0.1) is 0 Å². The lowest BCUT2D eigenvalue weighted by atomic mass is 10.4. The molecule has 1 aliphatic heterocycles. The summed E-state index contributed by atoms with van der Waals surface area (Å²) in [6, 6.07) is 0. The van der Waals surface area contributed by atoms with Gasteiger partial charge in [-0.1, -0.05) is 0 Å². The fourth-order valence-electron chi connectivity index (χ4n) is 1.68. The molecule has 86 valence electrons.